The number of hydrogen-bond acceptors (Lipinski definition) is 4. The maximum Gasteiger partial charge on any atom is 0.124 e. The molecule has 0 aliphatic heterocycles. The second-order valence-corrected chi connectivity index (χ2v) is 5.94. The number of nitrogens with one attached hydrogen (secondary N) is 1. The van der Waals surface area contributed by atoms with E-state index in [9.17, 15) is 0 Å². The molecule has 3 N–H and O–H groups in total. The lowest BCUT2D eigenvalue weighted by Gasteiger charge is -2.19. The van der Waals surface area contributed by atoms with Crippen LogP contribution in [0.25, 0.3) is 0 Å². The van der Waals surface area contributed by atoms with Gasteiger partial charge in [-0.15, -0.1) is 11.3 Å². The zero-order valence-corrected chi connectivity index (χ0v) is 13.1. The predicted molar refractivity (Wildman–Crippen MR) is 83.4 cm³/mol. The van der Waals surface area contributed by atoms with Crippen molar-refractivity contribution < 1.29 is 4.74 Å². The molecule has 0 bridgehead atoms. The monoisotopic (exact) mass is 340 g/mol. The van der Waals surface area contributed by atoms with Gasteiger partial charge in [0.25, 0.3) is 0 Å². The molecule has 1 unspecified atom stereocenters. The molecular weight excluding hydrogens is 324 g/mol. The topological polar surface area (TPSA) is 47.3 Å². The van der Waals surface area contributed by atoms with E-state index >= 15 is 0 Å². The van der Waals surface area contributed by atoms with Gasteiger partial charge in [-0.3, -0.25) is 11.3 Å². The van der Waals surface area contributed by atoms with E-state index in [2.05, 4.69) is 38.9 Å². The lowest BCUT2D eigenvalue weighted by atomic mass is 10.0. The van der Waals surface area contributed by atoms with E-state index in [0.717, 1.165) is 22.2 Å². The van der Waals surface area contributed by atoms with Crippen LogP contribution in [-0.2, 0) is 6.42 Å². The van der Waals surface area contributed by atoms with Gasteiger partial charge in [-0.1, -0.05) is 18.2 Å². The van der Waals surface area contributed by atoms with E-state index in [0.29, 0.717) is 6.61 Å². The number of para-hydroxylation sites is 1. The molecule has 1 aromatic carbocycles. The molecule has 0 aliphatic carbocycles. The predicted octanol–water partition coefficient (Wildman–Crippen LogP) is 3.66. The first-order valence-corrected chi connectivity index (χ1v) is 7.83. The highest BCUT2D eigenvalue weighted by molar-refractivity contribution is 9.10. The first-order chi connectivity index (χ1) is 9.26. The highest BCUT2D eigenvalue weighted by Gasteiger charge is 2.17. The van der Waals surface area contributed by atoms with Crippen molar-refractivity contribution in [2.45, 2.75) is 19.4 Å². The normalized spacial score (nSPS) is 12.4. The highest BCUT2D eigenvalue weighted by atomic mass is 79.9. The minimum Gasteiger partial charge on any atom is -0.494 e. The number of benzene rings is 1. The standard InChI is InChI=1S/C14H17BrN2OS/c1-2-18-13-6-4-3-5-10(13)12(17-16)9-14-11(15)7-8-19-14/h3-8,12,17H,2,9,16H2,1H3. The third-order valence-corrected chi connectivity index (χ3v) is 4.82. The van der Waals surface area contributed by atoms with Crippen LogP contribution in [0.1, 0.15) is 23.4 Å². The molecule has 0 saturated heterocycles. The molecule has 0 radical (unpaired) electrons. The van der Waals surface area contributed by atoms with Crippen LogP contribution in [-0.4, -0.2) is 6.61 Å². The molecule has 19 heavy (non-hydrogen) atoms. The number of hydrogen-bond donors (Lipinski definition) is 2. The Morgan fingerprint density at radius 3 is 2.79 bits per heavy atom. The minimum atomic E-state index is 0.0395. The largest absolute Gasteiger partial charge is 0.494 e. The fraction of sp³-hybridized carbons (Fsp3) is 0.286. The number of halogens is 1. The Bertz CT molecular complexity index is 530. The fourth-order valence-corrected chi connectivity index (χ4v) is 3.53. The summed E-state index contributed by atoms with van der Waals surface area (Å²) in [5, 5.41) is 2.07. The summed E-state index contributed by atoms with van der Waals surface area (Å²) in [5.74, 6) is 6.61. The van der Waals surface area contributed by atoms with Crippen LogP contribution in [0.15, 0.2) is 40.2 Å². The van der Waals surface area contributed by atoms with Crippen molar-refractivity contribution in [3.8, 4) is 5.75 Å². The van der Waals surface area contributed by atoms with E-state index in [1.54, 1.807) is 11.3 Å². The quantitative estimate of drug-likeness (QED) is 0.623. The molecule has 0 saturated carbocycles. The molecule has 1 heterocycles. The van der Waals surface area contributed by atoms with Gasteiger partial charge in [0.2, 0.25) is 0 Å². The van der Waals surface area contributed by atoms with Crippen LogP contribution in [0.4, 0.5) is 0 Å². The fourth-order valence-electron chi connectivity index (χ4n) is 1.97. The molecule has 0 fully saturated rings. The average molecular weight is 341 g/mol. The third kappa shape index (κ3) is 3.57. The van der Waals surface area contributed by atoms with Crippen LogP contribution in [0.5, 0.6) is 5.75 Å². The SMILES string of the molecule is CCOc1ccccc1C(Cc1sccc1Br)NN. The number of ether oxygens (including phenoxy) is 1. The Morgan fingerprint density at radius 1 is 1.37 bits per heavy atom. The van der Waals surface area contributed by atoms with Crippen LogP contribution < -0.4 is 16.0 Å². The lowest BCUT2D eigenvalue weighted by molar-refractivity contribution is 0.331. The third-order valence-electron chi connectivity index (χ3n) is 2.88. The van der Waals surface area contributed by atoms with Gasteiger partial charge in [0.1, 0.15) is 5.75 Å². The molecule has 5 heteroatoms. The number of nitrogens with two attached hydrogens (primary N) is 1. The number of thiophene rings is 1. The highest BCUT2D eigenvalue weighted by Crippen LogP contribution is 2.31. The van der Waals surface area contributed by atoms with Crippen LogP contribution in [0.3, 0.4) is 0 Å². The molecule has 1 atom stereocenters. The first kappa shape index (κ1) is 14.5. The van der Waals surface area contributed by atoms with Gasteiger partial charge in [0.15, 0.2) is 0 Å². The second-order valence-electron chi connectivity index (χ2n) is 4.09. The molecular formula is C14H17BrN2OS. The van der Waals surface area contributed by atoms with Crippen molar-refractivity contribution in [1.29, 1.82) is 0 Å². The number of hydrazine groups is 1. The summed E-state index contributed by atoms with van der Waals surface area (Å²) >= 11 is 5.28. The summed E-state index contributed by atoms with van der Waals surface area (Å²) in [6.07, 6.45) is 0.832. The Labute approximate surface area is 125 Å². The van der Waals surface area contributed by atoms with Gasteiger partial charge < -0.3 is 4.74 Å². The average Bonchev–Trinajstić information content (AvgIpc) is 2.83. The van der Waals surface area contributed by atoms with Crippen molar-refractivity contribution in [3.63, 3.8) is 0 Å². The van der Waals surface area contributed by atoms with E-state index in [1.165, 1.54) is 4.88 Å². The van der Waals surface area contributed by atoms with Crippen molar-refractivity contribution >= 4 is 27.3 Å². The van der Waals surface area contributed by atoms with Gasteiger partial charge >= 0.3 is 0 Å². The molecule has 3 nitrogen and oxygen atoms in total. The number of rotatable bonds is 6. The molecule has 0 amide bonds. The molecule has 2 aromatic rings. The van der Waals surface area contributed by atoms with Crippen LogP contribution >= 0.6 is 27.3 Å². The Kier molecular flexibility index (Phi) is 5.39. The Hall–Kier alpha value is -0.880. The van der Waals surface area contributed by atoms with Crippen molar-refractivity contribution in [3.05, 3.63) is 50.6 Å². The van der Waals surface area contributed by atoms with E-state index < -0.39 is 0 Å². The lowest BCUT2D eigenvalue weighted by Crippen LogP contribution is -2.29. The van der Waals surface area contributed by atoms with Gasteiger partial charge in [0, 0.05) is 21.3 Å². The smallest absolute Gasteiger partial charge is 0.124 e. The zero-order chi connectivity index (χ0) is 13.7. The maximum absolute atomic E-state index is 5.72. The molecule has 1 aromatic heterocycles. The second kappa shape index (κ2) is 7.05. The Morgan fingerprint density at radius 2 is 2.16 bits per heavy atom. The molecule has 0 spiro atoms. The Balaban J connectivity index is 2.24. The van der Waals surface area contributed by atoms with Crippen LogP contribution in [0.2, 0.25) is 0 Å². The summed E-state index contributed by atoms with van der Waals surface area (Å²) in [6.45, 7) is 2.63. The van der Waals surface area contributed by atoms with Crippen LogP contribution in [0, 0.1) is 0 Å². The summed E-state index contributed by atoms with van der Waals surface area (Å²) in [6, 6.07) is 10.1. The van der Waals surface area contributed by atoms with Crippen molar-refractivity contribution in [1.82, 2.24) is 5.43 Å². The minimum absolute atomic E-state index is 0.0395. The molecule has 2 rings (SSSR count). The zero-order valence-electron chi connectivity index (χ0n) is 10.7. The molecule has 0 aliphatic rings. The summed E-state index contributed by atoms with van der Waals surface area (Å²) in [5.41, 5.74) is 3.98. The van der Waals surface area contributed by atoms with E-state index in [1.807, 2.05) is 25.1 Å². The van der Waals surface area contributed by atoms with Gasteiger partial charge in [0.05, 0.1) is 12.6 Å². The maximum atomic E-state index is 5.72. The van der Waals surface area contributed by atoms with Gasteiger partial charge in [-0.2, -0.15) is 0 Å². The summed E-state index contributed by atoms with van der Waals surface area (Å²) in [4.78, 5) is 1.27. The van der Waals surface area contributed by atoms with Crippen molar-refractivity contribution in [2.24, 2.45) is 5.84 Å². The van der Waals surface area contributed by atoms with E-state index in [-0.39, 0.29) is 6.04 Å². The first-order valence-electron chi connectivity index (χ1n) is 6.16. The van der Waals surface area contributed by atoms with Gasteiger partial charge in [-0.05, 0) is 40.4 Å². The summed E-state index contributed by atoms with van der Waals surface area (Å²) in [7, 11) is 0. The molecule has 102 valence electrons. The summed E-state index contributed by atoms with van der Waals surface area (Å²) < 4.78 is 6.80. The van der Waals surface area contributed by atoms with Gasteiger partial charge in [-0.25, -0.2) is 0 Å². The van der Waals surface area contributed by atoms with E-state index in [4.69, 9.17) is 10.6 Å². The van der Waals surface area contributed by atoms with Crippen molar-refractivity contribution in [2.75, 3.05) is 6.61 Å².